The Balaban J connectivity index is 1.63. The van der Waals surface area contributed by atoms with Crippen LogP contribution in [0.25, 0.3) is 0 Å². The van der Waals surface area contributed by atoms with Crippen molar-refractivity contribution < 1.29 is 4.42 Å². The topological polar surface area (TPSA) is 62.5 Å². The van der Waals surface area contributed by atoms with Crippen molar-refractivity contribution in [1.29, 1.82) is 0 Å². The Morgan fingerprint density at radius 3 is 2.78 bits per heavy atom. The zero-order valence-electron chi connectivity index (χ0n) is 15.8. The van der Waals surface area contributed by atoms with E-state index >= 15 is 0 Å². The average molecular weight is 383 g/mol. The van der Waals surface area contributed by atoms with Crippen LogP contribution in [-0.2, 0) is 19.4 Å². The average Bonchev–Trinajstić information content (AvgIpc) is 3.38. The molecule has 0 aliphatic heterocycles. The Labute approximate surface area is 164 Å². The molecule has 0 spiro atoms. The van der Waals surface area contributed by atoms with Gasteiger partial charge in [0.15, 0.2) is 5.96 Å². The standard InChI is InChI=1S/C21H26N4OS/c1-3-19-14-23-20(27-19)15-24-21(22-12-11-18-10-7-13-26-18)25-16(2)17-8-5-4-6-9-17/h4-10,13-14,16H,3,11-12,15H2,1-2H3,(H2,22,24,25). The first kappa shape index (κ1) is 19.2. The maximum atomic E-state index is 5.40. The van der Waals surface area contributed by atoms with Gasteiger partial charge in [-0.3, -0.25) is 0 Å². The molecule has 0 radical (unpaired) electrons. The van der Waals surface area contributed by atoms with Gasteiger partial charge in [0.1, 0.15) is 10.8 Å². The van der Waals surface area contributed by atoms with E-state index in [1.165, 1.54) is 10.4 Å². The van der Waals surface area contributed by atoms with E-state index in [4.69, 9.17) is 9.41 Å². The van der Waals surface area contributed by atoms with Crippen LogP contribution in [0, 0.1) is 0 Å². The summed E-state index contributed by atoms with van der Waals surface area (Å²) in [4.78, 5) is 10.5. The molecule has 2 aromatic heterocycles. The highest BCUT2D eigenvalue weighted by molar-refractivity contribution is 7.11. The number of hydrogen-bond donors (Lipinski definition) is 2. The number of furan rings is 1. The van der Waals surface area contributed by atoms with Gasteiger partial charge in [-0.25, -0.2) is 9.98 Å². The maximum Gasteiger partial charge on any atom is 0.192 e. The fourth-order valence-electron chi connectivity index (χ4n) is 2.67. The lowest BCUT2D eigenvalue weighted by atomic mass is 10.1. The summed E-state index contributed by atoms with van der Waals surface area (Å²) in [6.45, 7) is 5.60. The fraction of sp³-hybridized carbons (Fsp3) is 0.333. The predicted octanol–water partition coefficient (Wildman–Crippen LogP) is 4.34. The van der Waals surface area contributed by atoms with Crippen molar-refractivity contribution in [2.45, 2.75) is 39.3 Å². The van der Waals surface area contributed by atoms with Gasteiger partial charge < -0.3 is 15.1 Å². The number of aromatic nitrogens is 1. The van der Waals surface area contributed by atoms with E-state index in [1.54, 1.807) is 17.6 Å². The van der Waals surface area contributed by atoms with Gasteiger partial charge in [0, 0.05) is 24.0 Å². The number of aryl methyl sites for hydroxylation is 1. The van der Waals surface area contributed by atoms with Crippen molar-refractivity contribution in [3.05, 3.63) is 76.1 Å². The van der Waals surface area contributed by atoms with Crippen molar-refractivity contribution in [2.75, 3.05) is 6.54 Å². The number of guanidine groups is 1. The molecule has 0 aliphatic rings. The highest BCUT2D eigenvalue weighted by Crippen LogP contribution is 2.15. The van der Waals surface area contributed by atoms with Crippen molar-refractivity contribution >= 4 is 17.3 Å². The number of hydrogen-bond acceptors (Lipinski definition) is 4. The Morgan fingerprint density at radius 2 is 2.07 bits per heavy atom. The molecule has 1 aromatic carbocycles. The molecule has 0 amide bonds. The Morgan fingerprint density at radius 1 is 1.22 bits per heavy atom. The van der Waals surface area contributed by atoms with Gasteiger partial charge in [0.2, 0.25) is 0 Å². The SMILES string of the molecule is CCc1cnc(CN=C(NCCc2ccco2)NC(C)c2ccccc2)s1. The number of thiazole rings is 1. The third-order valence-corrected chi connectivity index (χ3v) is 5.35. The normalized spacial score (nSPS) is 12.7. The highest BCUT2D eigenvalue weighted by Gasteiger charge is 2.09. The Kier molecular flexibility index (Phi) is 7.04. The number of nitrogens with one attached hydrogen (secondary N) is 2. The molecule has 5 nitrogen and oxygen atoms in total. The molecule has 0 fully saturated rings. The molecule has 142 valence electrons. The predicted molar refractivity (Wildman–Crippen MR) is 111 cm³/mol. The molecule has 3 rings (SSSR count). The van der Waals surface area contributed by atoms with E-state index < -0.39 is 0 Å². The molecule has 0 bridgehead atoms. The quantitative estimate of drug-likeness (QED) is 0.449. The molecule has 1 atom stereocenters. The molecule has 0 aliphatic carbocycles. The Hall–Kier alpha value is -2.60. The lowest BCUT2D eigenvalue weighted by molar-refractivity contribution is 0.506. The van der Waals surface area contributed by atoms with Crippen LogP contribution in [0.4, 0.5) is 0 Å². The second-order valence-corrected chi connectivity index (χ2v) is 7.47. The van der Waals surface area contributed by atoms with Crippen LogP contribution in [-0.4, -0.2) is 17.5 Å². The Bertz CT molecular complexity index is 827. The molecular formula is C21H26N4OS. The summed E-state index contributed by atoms with van der Waals surface area (Å²) in [5.74, 6) is 1.75. The van der Waals surface area contributed by atoms with Crippen LogP contribution < -0.4 is 10.6 Å². The van der Waals surface area contributed by atoms with Crippen LogP contribution >= 0.6 is 11.3 Å². The first-order valence-corrected chi connectivity index (χ1v) is 10.1. The molecule has 27 heavy (non-hydrogen) atoms. The summed E-state index contributed by atoms with van der Waals surface area (Å²) in [5.41, 5.74) is 1.22. The van der Waals surface area contributed by atoms with E-state index in [1.807, 2.05) is 24.4 Å². The maximum absolute atomic E-state index is 5.40. The lowest BCUT2D eigenvalue weighted by Gasteiger charge is -2.18. The number of aliphatic imine (C=N–C) groups is 1. The van der Waals surface area contributed by atoms with Crippen LogP contribution in [0.2, 0.25) is 0 Å². The first-order valence-electron chi connectivity index (χ1n) is 9.30. The van der Waals surface area contributed by atoms with Crippen molar-refractivity contribution in [3.8, 4) is 0 Å². The van der Waals surface area contributed by atoms with Crippen LogP contribution in [0.5, 0.6) is 0 Å². The zero-order valence-corrected chi connectivity index (χ0v) is 16.6. The number of rotatable bonds is 8. The van der Waals surface area contributed by atoms with Crippen LogP contribution in [0.1, 0.15) is 41.1 Å². The first-order chi connectivity index (χ1) is 13.2. The number of benzene rings is 1. The minimum absolute atomic E-state index is 0.156. The van der Waals surface area contributed by atoms with Crippen molar-refractivity contribution in [1.82, 2.24) is 15.6 Å². The number of nitrogens with zero attached hydrogens (tertiary/aromatic N) is 2. The molecule has 3 aromatic rings. The second kappa shape index (κ2) is 9.92. The molecule has 2 N–H and O–H groups in total. The van der Waals surface area contributed by atoms with Gasteiger partial charge in [-0.15, -0.1) is 11.3 Å². The van der Waals surface area contributed by atoms with Gasteiger partial charge in [-0.2, -0.15) is 0 Å². The lowest BCUT2D eigenvalue weighted by Crippen LogP contribution is -2.39. The molecular weight excluding hydrogens is 356 g/mol. The van der Waals surface area contributed by atoms with E-state index in [9.17, 15) is 0 Å². The molecule has 2 heterocycles. The van der Waals surface area contributed by atoms with E-state index in [0.717, 1.165) is 36.1 Å². The van der Waals surface area contributed by atoms with Crippen LogP contribution in [0.3, 0.4) is 0 Å². The monoisotopic (exact) mass is 382 g/mol. The summed E-state index contributed by atoms with van der Waals surface area (Å²) >= 11 is 1.72. The molecule has 1 unspecified atom stereocenters. The molecule has 0 saturated heterocycles. The van der Waals surface area contributed by atoms with Crippen LogP contribution in [0.15, 0.2) is 64.3 Å². The van der Waals surface area contributed by atoms with Crippen molar-refractivity contribution in [3.63, 3.8) is 0 Å². The van der Waals surface area contributed by atoms with Gasteiger partial charge in [-0.1, -0.05) is 37.3 Å². The van der Waals surface area contributed by atoms with Gasteiger partial charge in [0.05, 0.1) is 18.8 Å². The second-order valence-electron chi connectivity index (χ2n) is 6.27. The highest BCUT2D eigenvalue weighted by atomic mass is 32.1. The van der Waals surface area contributed by atoms with Crippen molar-refractivity contribution in [2.24, 2.45) is 4.99 Å². The minimum Gasteiger partial charge on any atom is -0.469 e. The van der Waals surface area contributed by atoms with Gasteiger partial charge in [0.25, 0.3) is 0 Å². The summed E-state index contributed by atoms with van der Waals surface area (Å²) < 4.78 is 5.40. The largest absolute Gasteiger partial charge is 0.469 e. The van der Waals surface area contributed by atoms with Gasteiger partial charge >= 0.3 is 0 Å². The van der Waals surface area contributed by atoms with E-state index in [-0.39, 0.29) is 6.04 Å². The summed E-state index contributed by atoms with van der Waals surface area (Å²) in [5, 5.41) is 7.93. The summed E-state index contributed by atoms with van der Waals surface area (Å²) in [6, 6.07) is 14.4. The molecule has 0 saturated carbocycles. The van der Waals surface area contributed by atoms with Gasteiger partial charge in [-0.05, 0) is 31.0 Å². The van der Waals surface area contributed by atoms with E-state index in [2.05, 4.69) is 53.7 Å². The summed E-state index contributed by atoms with van der Waals surface area (Å²) in [7, 11) is 0. The molecule has 6 heteroatoms. The zero-order chi connectivity index (χ0) is 18.9. The van der Waals surface area contributed by atoms with E-state index in [0.29, 0.717) is 6.54 Å². The summed E-state index contributed by atoms with van der Waals surface area (Å²) in [6.07, 6.45) is 5.47. The minimum atomic E-state index is 0.156. The fourth-order valence-corrected chi connectivity index (χ4v) is 3.46. The smallest absolute Gasteiger partial charge is 0.192 e. The third kappa shape index (κ3) is 5.96. The third-order valence-electron chi connectivity index (χ3n) is 4.22.